The van der Waals surface area contributed by atoms with Crippen molar-refractivity contribution in [3.8, 4) is 11.1 Å². The van der Waals surface area contributed by atoms with E-state index in [2.05, 4.69) is 20.9 Å². The number of halogens is 1. The predicted octanol–water partition coefficient (Wildman–Crippen LogP) is 5.09. The van der Waals surface area contributed by atoms with E-state index in [1.54, 1.807) is 0 Å². The third kappa shape index (κ3) is 2.41. The summed E-state index contributed by atoms with van der Waals surface area (Å²) in [5, 5.41) is 0.818. The summed E-state index contributed by atoms with van der Waals surface area (Å²) in [7, 11) is 0. The number of hydrogen-bond acceptors (Lipinski definition) is 2. The zero-order chi connectivity index (χ0) is 18.5. The molecule has 130 valence electrons. The number of pyridine rings is 1. The minimum Gasteiger partial charge on any atom is -0.322 e. The van der Waals surface area contributed by atoms with Crippen LogP contribution in [0.25, 0.3) is 22.0 Å². The number of carbonyl (C=O) groups excluding carboxylic acids is 1. The van der Waals surface area contributed by atoms with Crippen molar-refractivity contribution in [3.05, 3.63) is 104 Å². The molecule has 4 aromatic rings. The Morgan fingerprint density at radius 3 is 2.26 bits per heavy atom. The third-order valence-electron chi connectivity index (χ3n) is 5.12. The van der Waals surface area contributed by atoms with Crippen molar-refractivity contribution in [2.75, 3.05) is 0 Å². The summed E-state index contributed by atoms with van der Waals surface area (Å²) in [4.78, 5) is 29.1. The average Bonchev–Trinajstić information content (AvgIpc) is 2.69. The minimum absolute atomic E-state index is 0.0201. The molecule has 5 rings (SSSR count). The van der Waals surface area contributed by atoms with Gasteiger partial charge in [-0.15, -0.1) is 0 Å². The van der Waals surface area contributed by atoms with E-state index in [-0.39, 0.29) is 11.3 Å². The van der Waals surface area contributed by atoms with E-state index in [0.717, 1.165) is 26.5 Å². The molecule has 3 aromatic carbocycles. The molecule has 1 heterocycles. The Balaban J connectivity index is 1.94. The summed E-state index contributed by atoms with van der Waals surface area (Å²) in [6.07, 6.45) is 0.510. The third-order valence-corrected chi connectivity index (χ3v) is 5.78. The van der Waals surface area contributed by atoms with Gasteiger partial charge in [-0.05, 0) is 23.3 Å². The van der Waals surface area contributed by atoms with Gasteiger partial charge in [0.2, 0.25) is 0 Å². The first kappa shape index (κ1) is 16.2. The number of benzene rings is 3. The van der Waals surface area contributed by atoms with Gasteiger partial charge in [0, 0.05) is 44.1 Å². The maximum absolute atomic E-state index is 13.1. The Kier molecular flexibility index (Phi) is 3.62. The molecule has 0 saturated heterocycles. The van der Waals surface area contributed by atoms with Gasteiger partial charge in [0.15, 0.2) is 5.78 Å². The molecule has 0 unspecified atom stereocenters. The van der Waals surface area contributed by atoms with Crippen molar-refractivity contribution in [2.45, 2.75) is 6.42 Å². The number of fused-ring (bicyclic) bond motifs is 2. The second kappa shape index (κ2) is 6.03. The van der Waals surface area contributed by atoms with Crippen LogP contribution in [0.5, 0.6) is 0 Å². The molecular formula is C23H14BrNO2. The van der Waals surface area contributed by atoms with Crippen molar-refractivity contribution in [3.63, 3.8) is 0 Å². The van der Waals surface area contributed by atoms with E-state index < -0.39 is 0 Å². The van der Waals surface area contributed by atoms with Gasteiger partial charge in [0.25, 0.3) is 5.56 Å². The summed E-state index contributed by atoms with van der Waals surface area (Å²) in [5.74, 6) is -0.0201. The summed E-state index contributed by atoms with van der Waals surface area (Å²) >= 11 is 3.53. The molecule has 1 aliphatic rings. The van der Waals surface area contributed by atoms with E-state index in [0.29, 0.717) is 28.6 Å². The highest BCUT2D eigenvalue weighted by Gasteiger charge is 2.30. The number of carbonyl (C=O) groups is 1. The highest BCUT2D eigenvalue weighted by molar-refractivity contribution is 9.10. The number of hydrogen-bond donors (Lipinski definition) is 1. The molecule has 1 N–H and O–H groups in total. The predicted molar refractivity (Wildman–Crippen MR) is 110 cm³/mol. The van der Waals surface area contributed by atoms with E-state index in [1.807, 2.05) is 66.7 Å². The number of nitrogens with one attached hydrogen (secondary N) is 1. The molecule has 0 saturated carbocycles. The van der Waals surface area contributed by atoms with Gasteiger partial charge in [-0.2, -0.15) is 0 Å². The lowest BCUT2D eigenvalue weighted by molar-refractivity contribution is 0.103. The quantitative estimate of drug-likeness (QED) is 0.436. The fourth-order valence-corrected chi connectivity index (χ4v) is 4.44. The Labute approximate surface area is 163 Å². The average molecular weight is 416 g/mol. The number of aromatic nitrogens is 1. The normalized spacial score (nSPS) is 12.3. The Hall–Kier alpha value is -2.98. The maximum Gasteiger partial charge on any atom is 0.252 e. The van der Waals surface area contributed by atoms with Crippen LogP contribution in [0.4, 0.5) is 0 Å². The summed E-state index contributed by atoms with van der Waals surface area (Å²) < 4.78 is 0.744. The largest absolute Gasteiger partial charge is 0.322 e. The summed E-state index contributed by atoms with van der Waals surface area (Å²) in [6.45, 7) is 0. The van der Waals surface area contributed by atoms with Crippen molar-refractivity contribution >= 4 is 32.6 Å². The van der Waals surface area contributed by atoms with Crippen LogP contribution in [0.1, 0.15) is 27.0 Å². The molecule has 1 aliphatic carbocycles. The number of H-pyrrole nitrogens is 1. The molecule has 1 aromatic heterocycles. The smallest absolute Gasteiger partial charge is 0.252 e. The lowest BCUT2D eigenvalue weighted by Gasteiger charge is -2.23. The number of rotatable bonds is 2. The number of aromatic amines is 1. The SMILES string of the molecule is O=C1c2ccccc2-c2c(Cc3ccccc3)c(=O)[nH]c3ccc(Br)c1c23. The molecule has 4 heteroatoms. The van der Waals surface area contributed by atoms with Gasteiger partial charge in [0.05, 0.1) is 0 Å². The molecule has 0 aliphatic heterocycles. The standard InChI is InChI=1S/C23H14BrNO2/c24-17-10-11-18-21-19(14-8-4-5-9-15(14)22(26)20(17)21)16(23(27)25-18)12-13-6-2-1-3-7-13/h1-11H,12H2,(H,25,27). The first-order valence-electron chi connectivity index (χ1n) is 8.70. The van der Waals surface area contributed by atoms with E-state index in [1.165, 1.54) is 0 Å². The molecular weight excluding hydrogens is 402 g/mol. The molecule has 0 fully saturated rings. The van der Waals surface area contributed by atoms with E-state index in [4.69, 9.17) is 0 Å². The Morgan fingerprint density at radius 2 is 1.48 bits per heavy atom. The van der Waals surface area contributed by atoms with Crippen molar-refractivity contribution in [1.82, 2.24) is 4.98 Å². The molecule has 0 atom stereocenters. The second-order valence-electron chi connectivity index (χ2n) is 6.69. The fourth-order valence-electron chi connectivity index (χ4n) is 3.92. The number of ketones is 1. The van der Waals surface area contributed by atoms with Gasteiger partial charge in [0.1, 0.15) is 0 Å². The van der Waals surface area contributed by atoms with Gasteiger partial charge < -0.3 is 4.98 Å². The molecule has 0 radical (unpaired) electrons. The molecule has 27 heavy (non-hydrogen) atoms. The van der Waals surface area contributed by atoms with Crippen molar-refractivity contribution < 1.29 is 4.79 Å². The lowest BCUT2D eigenvalue weighted by atomic mass is 9.81. The second-order valence-corrected chi connectivity index (χ2v) is 7.54. The minimum atomic E-state index is -0.112. The lowest BCUT2D eigenvalue weighted by Crippen LogP contribution is -2.20. The fraction of sp³-hybridized carbons (Fsp3) is 0.0435. The van der Waals surface area contributed by atoms with E-state index in [9.17, 15) is 9.59 Å². The van der Waals surface area contributed by atoms with Crippen LogP contribution in [0.2, 0.25) is 0 Å². The van der Waals surface area contributed by atoms with Crippen LogP contribution in [-0.2, 0) is 6.42 Å². The van der Waals surface area contributed by atoms with Crippen LogP contribution in [0.15, 0.2) is 76.0 Å². The molecule has 0 spiro atoms. The van der Waals surface area contributed by atoms with Crippen LogP contribution in [0.3, 0.4) is 0 Å². The monoisotopic (exact) mass is 415 g/mol. The van der Waals surface area contributed by atoms with Gasteiger partial charge in [-0.25, -0.2) is 0 Å². The summed E-state index contributed by atoms with van der Waals surface area (Å²) in [6, 6.07) is 21.1. The molecule has 3 nitrogen and oxygen atoms in total. The van der Waals surface area contributed by atoms with E-state index >= 15 is 0 Å². The first-order chi connectivity index (χ1) is 13.1. The Bertz CT molecular complexity index is 1290. The zero-order valence-corrected chi connectivity index (χ0v) is 15.8. The Morgan fingerprint density at radius 1 is 0.778 bits per heavy atom. The van der Waals surface area contributed by atoms with Crippen molar-refractivity contribution in [1.29, 1.82) is 0 Å². The first-order valence-corrected chi connectivity index (χ1v) is 9.50. The summed E-state index contributed by atoms with van der Waals surface area (Å²) in [5.41, 5.74) is 5.27. The zero-order valence-electron chi connectivity index (χ0n) is 14.3. The van der Waals surface area contributed by atoms with Gasteiger partial charge in [-0.1, -0.05) is 70.5 Å². The molecule has 0 amide bonds. The van der Waals surface area contributed by atoms with Crippen LogP contribution < -0.4 is 5.56 Å². The topological polar surface area (TPSA) is 49.9 Å². The van der Waals surface area contributed by atoms with Gasteiger partial charge >= 0.3 is 0 Å². The van der Waals surface area contributed by atoms with Crippen LogP contribution in [-0.4, -0.2) is 10.8 Å². The van der Waals surface area contributed by atoms with Crippen LogP contribution in [0, 0.1) is 0 Å². The van der Waals surface area contributed by atoms with Crippen LogP contribution >= 0.6 is 15.9 Å². The molecule has 0 bridgehead atoms. The maximum atomic E-state index is 13.1. The van der Waals surface area contributed by atoms with Gasteiger partial charge in [-0.3, -0.25) is 9.59 Å². The highest BCUT2D eigenvalue weighted by atomic mass is 79.9. The van der Waals surface area contributed by atoms with Crippen molar-refractivity contribution in [2.24, 2.45) is 0 Å². The highest BCUT2D eigenvalue weighted by Crippen LogP contribution is 2.42.